The Morgan fingerprint density at radius 3 is 2.00 bits per heavy atom. The van der Waals surface area contributed by atoms with Crippen LogP contribution in [0.1, 0.15) is 12.8 Å². The van der Waals surface area contributed by atoms with Crippen molar-refractivity contribution in [2.24, 2.45) is 11.3 Å². The summed E-state index contributed by atoms with van der Waals surface area (Å²) >= 11 is 0. The highest BCUT2D eigenvalue weighted by Gasteiger charge is 2.59. The van der Waals surface area contributed by atoms with Gasteiger partial charge in [-0.3, -0.25) is 9.59 Å². The summed E-state index contributed by atoms with van der Waals surface area (Å²) in [6.45, 7) is 0. The number of rotatable bonds is 3. The first-order valence-electron chi connectivity index (χ1n) is 3.64. The van der Waals surface area contributed by atoms with Gasteiger partial charge in [-0.2, -0.15) is 0 Å². The van der Waals surface area contributed by atoms with Crippen molar-refractivity contribution in [3.63, 3.8) is 0 Å². The summed E-state index contributed by atoms with van der Waals surface area (Å²) in [6.07, 6.45) is -3.95. The van der Waals surface area contributed by atoms with Gasteiger partial charge in [-0.15, -0.1) is 0 Å². The lowest BCUT2D eigenvalue weighted by molar-refractivity contribution is -0.182. The van der Waals surface area contributed by atoms with Gasteiger partial charge in [0.15, 0.2) is 0 Å². The Bertz CT molecular complexity index is 245. The summed E-state index contributed by atoms with van der Waals surface area (Å²) in [6, 6.07) is 0. The van der Waals surface area contributed by atoms with E-state index in [0.29, 0.717) is 0 Å². The molecule has 0 heterocycles. The number of hydrogen-bond acceptors (Lipinski definition) is 2. The molecule has 0 aromatic carbocycles. The molecule has 0 atom stereocenters. The van der Waals surface area contributed by atoms with Crippen LogP contribution in [0.4, 0.5) is 8.78 Å². The number of halogens is 2. The van der Waals surface area contributed by atoms with Crippen LogP contribution in [0.3, 0.4) is 0 Å². The van der Waals surface area contributed by atoms with Crippen LogP contribution in [0.25, 0.3) is 0 Å². The first kappa shape index (κ1) is 9.88. The lowest BCUT2D eigenvalue weighted by atomic mass is 9.62. The van der Waals surface area contributed by atoms with Crippen molar-refractivity contribution in [2.45, 2.75) is 19.3 Å². The van der Waals surface area contributed by atoms with Crippen molar-refractivity contribution < 1.29 is 28.6 Å². The maximum atomic E-state index is 12.2. The summed E-state index contributed by atoms with van der Waals surface area (Å²) < 4.78 is 24.5. The fourth-order valence-corrected chi connectivity index (χ4v) is 1.44. The Morgan fingerprint density at radius 1 is 1.31 bits per heavy atom. The molecule has 0 spiro atoms. The number of carboxylic acid groups (broad SMARTS) is 2. The highest BCUT2D eigenvalue weighted by Crippen LogP contribution is 2.50. The zero-order valence-electron chi connectivity index (χ0n) is 6.54. The zero-order chi connectivity index (χ0) is 10.2. The van der Waals surface area contributed by atoms with Crippen molar-refractivity contribution in [3.8, 4) is 0 Å². The van der Waals surface area contributed by atoms with Gasteiger partial charge in [0.2, 0.25) is 0 Å². The first-order chi connectivity index (χ1) is 5.90. The van der Waals surface area contributed by atoms with E-state index in [9.17, 15) is 18.4 Å². The van der Waals surface area contributed by atoms with Crippen LogP contribution < -0.4 is 0 Å². The molecular weight excluding hydrogens is 186 g/mol. The minimum Gasteiger partial charge on any atom is -0.481 e. The molecule has 1 rings (SSSR count). The van der Waals surface area contributed by atoms with Crippen LogP contribution in [0.15, 0.2) is 0 Å². The van der Waals surface area contributed by atoms with Crippen LogP contribution in [0.2, 0.25) is 0 Å². The lowest BCUT2D eigenvalue weighted by Gasteiger charge is -2.41. The molecule has 0 aliphatic heterocycles. The predicted molar refractivity (Wildman–Crippen MR) is 36.4 cm³/mol. The Hall–Kier alpha value is -1.20. The second-order valence-electron chi connectivity index (χ2n) is 3.21. The summed E-state index contributed by atoms with van der Waals surface area (Å²) in [5.74, 6) is -3.76. The molecule has 1 aliphatic carbocycles. The molecule has 1 saturated carbocycles. The van der Waals surface area contributed by atoms with Crippen molar-refractivity contribution in [1.29, 1.82) is 0 Å². The van der Waals surface area contributed by atoms with Gasteiger partial charge in [-0.1, -0.05) is 0 Å². The summed E-state index contributed by atoms with van der Waals surface area (Å²) in [5, 5.41) is 16.9. The second kappa shape index (κ2) is 2.93. The van der Waals surface area contributed by atoms with Gasteiger partial charge in [0, 0.05) is 0 Å². The molecule has 1 aliphatic rings. The van der Waals surface area contributed by atoms with E-state index < -0.39 is 42.5 Å². The van der Waals surface area contributed by atoms with Crippen LogP contribution in [-0.4, -0.2) is 28.6 Å². The van der Waals surface area contributed by atoms with E-state index in [1.807, 2.05) is 0 Å². The van der Waals surface area contributed by atoms with Gasteiger partial charge in [-0.05, 0) is 12.8 Å². The first-order valence-corrected chi connectivity index (χ1v) is 3.64. The molecule has 0 aromatic heterocycles. The maximum absolute atomic E-state index is 12.2. The quantitative estimate of drug-likeness (QED) is 0.697. The molecule has 0 aromatic rings. The molecule has 0 amide bonds. The molecule has 0 saturated heterocycles. The third-order valence-electron chi connectivity index (χ3n) is 2.41. The number of hydrogen-bond donors (Lipinski definition) is 2. The van der Waals surface area contributed by atoms with Crippen molar-refractivity contribution in [2.75, 3.05) is 0 Å². The van der Waals surface area contributed by atoms with E-state index in [1.54, 1.807) is 0 Å². The van der Waals surface area contributed by atoms with Crippen LogP contribution in [-0.2, 0) is 9.59 Å². The van der Waals surface area contributed by atoms with Gasteiger partial charge in [0.1, 0.15) is 5.41 Å². The topological polar surface area (TPSA) is 74.6 Å². The largest absolute Gasteiger partial charge is 0.481 e. The second-order valence-corrected chi connectivity index (χ2v) is 3.21. The summed E-state index contributed by atoms with van der Waals surface area (Å²) in [4.78, 5) is 20.7. The monoisotopic (exact) mass is 194 g/mol. The van der Waals surface area contributed by atoms with E-state index in [4.69, 9.17) is 10.2 Å². The SMILES string of the molecule is O=C(O)C1CC(C(=O)O)(C(F)F)C1. The molecule has 13 heavy (non-hydrogen) atoms. The minimum atomic E-state index is -3.00. The molecule has 4 nitrogen and oxygen atoms in total. The average molecular weight is 194 g/mol. The van der Waals surface area contributed by atoms with E-state index in [1.165, 1.54) is 0 Å². The fourth-order valence-electron chi connectivity index (χ4n) is 1.44. The Labute approximate surface area is 72.2 Å². The Balaban J connectivity index is 2.69. The van der Waals surface area contributed by atoms with E-state index in [-0.39, 0.29) is 0 Å². The standard InChI is InChI=1S/C7H8F2O4/c8-5(9)7(6(12)13)1-3(2-7)4(10)11/h3,5H,1-2H2,(H,10,11)(H,12,13). The minimum absolute atomic E-state index is 0.477. The summed E-state index contributed by atoms with van der Waals surface area (Å²) in [5.41, 5.74) is -2.12. The normalized spacial score (nSPS) is 32.7. The molecular formula is C7H8F2O4. The predicted octanol–water partition coefficient (Wildman–Crippen LogP) is 0.817. The summed E-state index contributed by atoms with van der Waals surface area (Å²) in [7, 11) is 0. The fraction of sp³-hybridized carbons (Fsp3) is 0.714. The van der Waals surface area contributed by atoms with Crippen LogP contribution >= 0.6 is 0 Å². The van der Waals surface area contributed by atoms with Crippen LogP contribution in [0.5, 0.6) is 0 Å². The van der Waals surface area contributed by atoms with Crippen molar-refractivity contribution >= 4 is 11.9 Å². The third kappa shape index (κ3) is 1.36. The van der Waals surface area contributed by atoms with Crippen molar-refractivity contribution in [1.82, 2.24) is 0 Å². The van der Waals surface area contributed by atoms with Gasteiger partial charge in [-0.25, -0.2) is 8.78 Å². The van der Waals surface area contributed by atoms with Crippen molar-refractivity contribution in [3.05, 3.63) is 0 Å². The molecule has 74 valence electrons. The van der Waals surface area contributed by atoms with Gasteiger partial charge in [0.05, 0.1) is 5.92 Å². The molecule has 1 fully saturated rings. The Kier molecular flexibility index (Phi) is 2.23. The van der Waals surface area contributed by atoms with Gasteiger partial charge >= 0.3 is 11.9 Å². The van der Waals surface area contributed by atoms with E-state index in [0.717, 1.165) is 0 Å². The molecule has 0 radical (unpaired) electrons. The average Bonchev–Trinajstić information content (AvgIpc) is 1.80. The number of carboxylic acids is 2. The molecule has 6 heteroatoms. The van der Waals surface area contributed by atoms with Gasteiger partial charge in [0.25, 0.3) is 6.43 Å². The molecule has 2 N–H and O–H groups in total. The number of aliphatic carboxylic acids is 2. The Morgan fingerprint density at radius 2 is 1.77 bits per heavy atom. The lowest BCUT2D eigenvalue weighted by Crippen LogP contribution is -2.51. The highest BCUT2D eigenvalue weighted by atomic mass is 19.3. The number of alkyl halides is 2. The maximum Gasteiger partial charge on any atom is 0.315 e. The third-order valence-corrected chi connectivity index (χ3v) is 2.41. The van der Waals surface area contributed by atoms with Gasteiger partial charge < -0.3 is 10.2 Å². The van der Waals surface area contributed by atoms with E-state index in [2.05, 4.69) is 0 Å². The highest BCUT2D eigenvalue weighted by molar-refractivity contribution is 5.81. The van der Waals surface area contributed by atoms with E-state index >= 15 is 0 Å². The molecule has 0 bridgehead atoms. The van der Waals surface area contributed by atoms with Crippen LogP contribution in [0, 0.1) is 11.3 Å². The smallest absolute Gasteiger partial charge is 0.315 e. The number of carbonyl (C=O) groups is 2. The molecule has 0 unspecified atom stereocenters. The zero-order valence-corrected chi connectivity index (χ0v) is 6.54.